The predicted molar refractivity (Wildman–Crippen MR) is 107 cm³/mol. The van der Waals surface area contributed by atoms with Gasteiger partial charge in [-0.1, -0.05) is 47.1 Å². The van der Waals surface area contributed by atoms with Crippen molar-refractivity contribution in [2.75, 3.05) is 26.3 Å². The highest BCUT2D eigenvalue weighted by molar-refractivity contribution is 6.37. The Kier molecular flexibility index (Phi) is 4.60. The number of morpholine rings is 1. The molecule has 0 atom stereocenters. The van der Waals surface area contributed by atoms with Gasteiger partial charge in [-0.05, 0) is 36.0 Å². The number of rotatable bonds is 5. The van der Waals surface area contributed by atoms with Gasteiger partial charge in [0.05, 0.1) is 23.8 Å². The van der Waals surface area contributed by atoms with Crippen molar-refractivity contribution in [3.63, 3.8) is 0 Å². The number of hydrogen-bond donors (Lipinski definition) is 0. The quantitative estimate of drug-likeness (QED) is 0.669. The van der Waals surface area contributed by atoms with Gasteiger partial charge in [0.1, 0.15) is 5.52 Å². The Balaban J connectivity index is 1.50. The van der Waals surface area contributed by atoms with Gasteiger partial charge in [-0.15, -0.1) is 5.10 Å². The summed E-state index contributed by atoms with van der Waals surface area (Å²) in [5.41, 5.74) is 5.32. The summed E-state index contributed by atoms with van der Waals surface area (Å²) in [4.78, 5) is 2.43. The van der Waals surface area contributed by atoms with Gasteiger partial charge in [0.25, 0.3) is 0 Å². The maximum Gasteiger partial charge on any atom is 0.132 e. The van der Waals surface area contributed by atoms with Crippen LogP contribution in [0.1, 0.15) is 18.4 Å². The molecule has 2 heterocycles. The Morgan fingerprint density at radius 2 is 1.85 bits per heavy atom. The molecule has 27 heavy (non-hydrogen) atoms. The van der Waals surface area contributed by atoms with Crippen LogP contribution in [0.2, 0.25) is 5.02 Å². The topological polar surface area (TPSA) is 43.2 Å². The van der Waals surface area contributed by atoms with E-state index in [9.17, 15) is 0 Å². The van der Waals surface area contributed by atoms with Crippen LogP contribution in [0.5, 0.6) is 0 Å². The van der Waals surface area contributed by atoms with Crippen LogP contribution in [0, 0.1) is 5.92 Å². The molecule has 1 saturated heterocycles. The van der Waals surface area contributed by atoms with E-state index < -0.39 is 0 Å². The average Bonchev–Trinajstić information content (AvgIpc) is 3.42. The molecular weight excluding hydrogens is 360 g/mol. The maximum atomic E-state index is 6.81. The highest BCUT2D eigenvalue weighted by Gasteiger charge is 2.24. The van der Waals surface area contributed by atoms with E-state index in [4.69, 9.17) is 16.3 Å². The molecule has 140 valence electrons. The second-order valence-corrected chi connectivity index (χ2v) is 7.93. The number of halogens is 1. The van der Waals surface area contributed by atoms with Crippen molar-refractivity contribution >= 4 is 22.6 Å². The fourth-order valence-electron chi connectivity index (χ4n) is 3.81. The molecule has 1 saturated carbocycles. The summed E-state index contributed by atoms with van der Waals surface area (Å²) in [5.74, 6) is 0.752. The largest absolute Gasteiger partial charge is 0.379 e. The molecule has 1 aromatic heterocycles. The van der Waals surface area contributed by atoms with E-state index in [-0.39, 0.29) is 0 Å². The van der Waals surface area contributed by atoms with Crippen molar-refractivity contribution in [3.8, 4) is 11.1 Å². The second kappa shape index (κ2) is 7.23. The third-order valence-electron chi connectivity index (χ3n) is 5.56. The molecule has 5 rings (SSSR count). The van der Waals surface area contributed by atoms with Gasteiger partial charge in [-0.3, -0.25) is 4.90 Å². The van der Waals surface area contributed by atoms with Crippen LogP contribution in [0.4, 0.5) is 0 Å². The van der Waals surface area contributed by atoms with Gasteiger partial charge in [0.2, 0.25) is 0 Å². The normalized spacial score (nSPS) is 18.3. The first-order chi connectivity index (χ1) is 13.3. The zero-order chi connectivity index (χ0) is 18.2. The first-order valence-electron chi connectivity index (χ1n) is 9.69. The van der Waals surface area contributed by atoms with Crippen LogP contribution >= 0.6 is 11.6 Å². The van der Waals surface area contributed by atoms with Crippen molar-refractivity contribution in [1.29, 1.82) is 0 Å². The zero-order valence-electron chi connectivity index (χ0n) is 15.3. The number of fused-ring (bicyclic) bond motifs is 1. The first-order valence-corrected chi connectivity index (χ1v) is 10.1. The van der Waals surface area contributed by atoms with Gasteiger partial charge in [-0.2, -0.15) is 0 Å². The molecule has 2 aliphatic rings. The molecule has 2 aromatic carbocycles. The van der Waals surface area contributed by atoms with E-state index in [2.05, 4.69) is 51.6 Å². The Labute approximate surface area is 163 Å². The lowest BCUT2D eigenvalue weighted by Crippen LogP contribution is -2.35. The Hall–Kier alpha value is -1.95. The van der Waals surface area contributed by atoms with Crippen molar-refractivity contribution in [1.82, 2.24) is 19.9 Å². The summed E-state index contributed by atoms with van der Waals surface area (Å²) >= 11 is 6.81. The summed E-state index contributed by atoms with van der Waals surface area (Å²) in [7, 11) is 0. The Morgan fingerprint density at radius 3 is 2.67 bits per heavy atom. The van der Waals surface area contributed by atoms with E-state index >= 15 is 0 Å². The van der Waals surface area contributed by atoms with Gasteiger partial charge in [0, 0.05) is 31.7 Å². The smallest absolute Gasteiger partial charge is 0.132 e. The predicted octanol–water partition coefficient (Wildman–Crippen LogP) is 3.99. The molecule has 2 fully saturated rings. The molecular formula is C21H23ClN4O. The van der Waals surface area contributed by atoms with Crippen LogP contribution in [0.3, 0.4) is 0 Å². The fraction of sp³-hybridized carbons (Fsp3) is 0.429. The van der Waals surface area contributed by atoms with Gasteiger partial charge < -0.3 is 4.74 Å². The summed E-state index contributed by atoms with van der Waals surface area (Å²) in [5, 5.41) is 9.43. The summed E-state index contributed by atoms with van der Waals surface area (Å²) in [6.07, 6.45) is 2.59. The first kappa shape index (κ1) is 17.2. The molecule has 3 aromatic rings. The number of benzene rings is 2. The minimum Gasteiger partial charge on any atom is -0.379 e. The van der Waals surface area contributed by atoms with E-state index in [1.165, 1.54) is 24.0 Å². The molecule has 0 radical (unpaired) electrons. The highest BCUT2D eigenvalue weighted by atomic mass is 35.5. The minimum atomic E-state index is 0.698. The molecule has 5 nitrogen and oxygen atoms in total. The van der Waals surface area contributed by atoms with Crippen molar-refractivity contribution in [2.24, 2.45) is 5.92 Å². The third kappa shape index (κ3) is 3.47. The van der Waals surface area contributed by atoms with Crippen molar-refractivity contribution in [2.45, 2.75) is 25.9 Å². The summed E-state index contributed by atoms with van der Waals surface area (Å²) in [6.45, 7) is 5.40. The lowest BCUT2D eigenvalue weighted by molar-refractivity contribution is 0.0342. The minimum absolute atomic E-state index is 0.698. The molecule has 0 spiro atoms. The molecule has 0 bridgehead atoms. The van der Waals surface area contributed by atoms with Gasteiger partial charge in [-0.25, -0.2) is 4.68 Å². The fourth-order valence-corrected chi connectivity index (χ4v) is 4.11. The number of aromatic nitrogens is 3. The summed E-state index contributed by atoms with van der Waals surface area (Å²) in [6, 6.07) is 12.7. The third-order valence-corrected chi connectivity index (χ3v) is 5.94. The Morgan fingerprint density at radius 1 is 1.04 bits per heavy atom. The van der Waals surface area contributed by atoms with E-state index in [1.54, 1.807) is 0 Å². The SMILES string of the molecule is Clc1c(-c2ccccc2CN2CCOCC2)ccc2c1nnn2CC1CC1. The van der Waals surface area contributed by atoms with Crippen LogP contribution < -0.4 is 0 Å². The van der Waals surface area contributed by atoms with Crippen molar-refractivity contribution in [3.05, 3.63) is 47.0 Å². The average molecular weight is 383 g/mol. The van der Waals surface area contributed by atoms with Crippen LogP contribution in [-0.2, 0) is 17.8 Å². The van der Waals surface area contributed by atoms with E-state index in [1.807, 2.05) is 4.68 Å². The monoisotopic (exact) mass is 382 g/mol. The van der Waals surface area contributed by atoms with Crippen LogP contribution in [0.25, 0.3) is 22.2 Å². The molecule has 0 N–H and O–H groups in total. The van der Waals surface area contributed by atoms with Crippen LogP contribution in [0.15, 0.2) is 36.4 Å². The molecule has 0 amide bonds. The Bertz CT molecular complexity index is 960. The molecule has 1 aliphatic carbocycles. The standard InChI is InChI=1S/C21H23ClN4O/c22-20-18(7-8-19-21(20)23-24-26(19)13-15-5-6-15)17-4-2-1-3-16(17)14-25-9-11-27-12-10-25/h1-4,7-8,15H,5-6,9-14H2. The van der Waals surface area contributed by atoms with Crippen molar-refractivity contribution < 1.29 is 4.74 Å². The molecule has 1 aliphatic heterocycles. The molecule has 0 unspecified atom stereocenters. The molecule has 6 heteroatoms. The lowest BCUT2D eigenvalue weighted by Gasteiger charge is -2.27. The number of ether oxygens (including phenoxy) is 1. The zero-order valence-corrected chi connectivity index (χ0v) is 16.0. The van der Waals surface area contributed by atoms with Gasteiger partial charge in [0.15, 0.2) is 0 Å². The maximum absolute atomic E-state index is 6.81. The second-order valence-electron chi connectivity index (χ2n) is 7.56. The van der Waals surface area contributed by atoms with E-state index in [0.29, 0.717) is 5.02 Å². The highest BCUT2D eigenvalue weighted by Crippen LogP contribution is 2.37. The number of hydrogen-bond acceptors (Lipinski definition) is 4. The van der Waals surface area contributed by atoms with Gasteiger partial charge >= 0.3 is 0 Å². The van der Waals surface area contributed by atoms with Crippen LogP contribution in [-0.4, -0.2) is 46.2 Å². The lowest BCUT2D eigenvalue weighted by atomic mass is 9.98. The van der Waals surface area contributed by atoms with E-state index in [0.717, 1.165) is 61.9 Å². The summed E-state index contributed by atoms with van der Waals surface area (Å²) < 4.78 is 7.48. The number of nitrogens with zero attached hydrogens (tertiary/aromatic N) is 4.